The van der Waals surface area contributed by atoms with Crippen LogP contribution in [0.25, 0.3) is 10.9 Å². The molecule has 0 radical (unpaired) electrons. The highest BCUT2D eigenvalue weighted by molar-refractivity contribution is 5.78. The van der Waals surface area contributed by atoms with E-state index in [0.29, 0.717) is 12.5 Å². The third-order valence-corrected chi connectivity index (χ3v) is 5.77. The van der Waals surface area contributed by atoms with Gasteiger partial charge in [0.05, 0.1) is 11.2 Å². The van der Waals surface area contributed by atoms with Crippen molar-refractivity contribution in [2.75, 3.05) is 0 Å². The normalized spacial score (nSPS) is 12.0. The molecule has 1 atom stereocenters. The van der Waals surface area contributed by atoms with Gasteiger partial charge in [-0.25, -0.2) is 4.98 Å². The molecule has 5 rings (SSSR count). The quantitative estimate of drug-likeness (QED) is 0.360. The fourth-order valence-electron chi connectivity index (χ4n) is 3.96. The molecule has 6 heteroatoms. The average Bonchev–Trinajstić information content (AvgIpc) is 3.37. The highest BCUT2D eigenvalue weighted by Crippen LogP contribution is 2.22. The highest BCUT2D eigenvalue weighted by atomic mass is 16.5. The van der Waals surface area contributed by atoms with Crippen molar-refractivity contribution < 1.29 is 4.74 Å². The van der Waals surface area contributed by atoms with Crippen LogP contribution in [0, 0.1) is 0 Å². The van der Waals surface area contributed by atoms with E-state index in [9.17, 15) is 0 Å². The Hall–Kier alpha value is -4.06. The zero-order valence-corrected chi connectivity index (χ0v) is 18.5. The van der Waals surface area contributed by atoms with Gasteiger partial charge in [-0.1, -0.05) is 72.8 Å². The topological polar surface area (TPSA) is 76.6 Å². The van der Waals surface area contributed by atoms with Crippen molar-refractivity contribution in [1.29, 1.82) is 0 Å². The first kappa shape index (κ1) is 20.8. The number of aromatic amines is 1. The summed E-state index contributed by atoms with van der Waals surface area (Å²) in [6.45, 7) is 2.64. The van der Waals surface area contributed by atoms with Crippen LogP contribution in [0.15, 0.2) is 84.9 Å². The Morgan fingerprint density at radius 2 is 1.76 bits per heavy atom. The van der Waals surface area contributed by atoms with Crippen LogP contribution in [-0.4, -0.2) is 25.6 Å². The molecule has 0 aliphatic rings. The summed E-state index contributed by atoms with van der Waals surface area (Å²) in [5, 5.41) is 15.4. The van der Waals surface area contributed by atoms with Gasteiger partial charge in [0, 0.05) is 11.8 Å². The summed E-state index contributed by atoms with van der Waals surface area (Å²) >= 11 is 0. The van der Waals surface area contributed by atoms with E-state index in [1.54, 1.807) is 0 Å². The molecular weight excluding hydrogens is 410 g/mol. The van der Waals surface area contributed by atoms with Gasteiger partial charge in [-0.3, -0.25) is 0 Å². The Morgan fingerprint density at radius 1 is 0.879 bits per heavy atom. The van der Waals surface area contributed by atoms with Crippen LogP contribution in [0.3, 0.4) is 0 Å². The van der Waals surface area contributed by atoms with Gasteiger partial charge in [-0.05, 0) is 53.3 Å². The number of fused-ring (bicyclic) bond motifs is 1. The molecule has 1 N–H and O–H groups in total. The highest BCUT2D eigenvalue weighted by Gasteiger charge is 2.10. The molecular formula is C27H25N5O. The summed E-state index contributed by atoms with van der Waals surface area (Å²) in [5.41, 5.74) is 5.71. The van der Waals surface area contributed by atoms with Crippen molar-refractivity contribution in [1.82, 2.24) is 25.6 Å². The average molecular weight is 436 g/mol. The minimum atomic E-state index is 0.321. The Labute approximate surface area is 192 Å². The number of nitrogens with one attached hydrogen (secondary N) is 1. The van der Waals surface area contributed by atoms with Crippen LogP contribution < -0.4 is 4.74 Å². The number of hydrogen-bond acceptors (Lipinski definition) is 5. The molecule has 0 fully saturated rings. The van der Waals surface area contributed by atoms with E-state index in [1.807, 2.05) is 36.4 Å². The van der Waals surface area contributed by atoms with Gasteiger partial charge in [0.15, 0.2) is 5.82 Å². The van der Waals surface area contributed by atoms with Crippen LogP contribution in [0.1, 0.15) is 41.1 Å². The number of nitrogens with zero attached hydrogens (tertiary/aromatic N) is 4. The molecule has 1 unspecified atom stereocenters. The SMILES string of the molecule is CC(Cc1nn[nH]n1)c1cccc(Cc2ccc(OCc3ccc4ccccc4n3)cc2)c1. The molecule has 3 aromatic carbocycles. The van der Waals surface area contributed by atoms with Crippen LogP contribution in [0.5, 0.6) is 5.75 Å². The second-order valence-electron chi connectivity index (χ2n) is 8.28. The maximum Gasteiger partial charge on any atom is 0.175 e. The standard InChI is InChI=1S/C27H25N5O/c1-19(15-27-29-31-32-30-27)23-7-4-5-21(17-23)16-20-9-13-25(14-10-20)33-18-24-12-11-22-6-2-3-8-26(22)28-24/h2-14,17,19H,15-16,18H2,1H3,(H,29,30,31,32). The van der Waals surface area contributed by atoms with Gasteiger partial charge >= 0.3 is 0 Å². The summed E-state index contributed by atoms with van der Waals surface area (Å²) in [4.78, 5) is 4.67. The molecule has 0 aliphatic carbocycles. The molecule has 33 heavy (non-hydrogen) atoms. The number of hydrogen-bond donors (Lipinski definition) is 1. The molecule has 2 heterocycles. The number of tetrazole rings is 1. The molecule has 164 valence electrons. The third-order valence-electron chi connectivity index (χ3n) is 5.77. The van der Waals surface area contributed by atoms with E-state index in [0.717, 1.165) is 41.0 Å². The number of aromatic nitrogens is 5. The lowest BCUT2D eigenvalue weighted by Crippen LogP contribution is -2.01. The van der Waals surface area contributed by atoms with Gasteiger partial charge < -0.3 is 4.74 Å². The first-order chi connectivity index (χ1) is 16.2. The fraction of sp³-hybridized carbons (Fsp3) is 0.185. The molecule has 0 saturated carbocycles. The number of pyridine rings is 1. The number of benzene rings is 3. The van der Waals surface area contributed by atoms with Gasteiger partial charge in [0.1, 0.15) is 12.4 Å². The van der Waals surface area contributed by atoms with Crippen molar-refractivity contribution in [3.8, 4) is 5.75 Å². The predicted molar refractivity (Wildman–Crippen MR) is 128 cm³/mol. The van der Waals surface area contributed by atoms with Crippen LogP contribution in [-0.2, 0) is 19.4 Å². The molecule has 0 saturated heterocycles. The summed E-state index contributed by atoms with van der Waals surface area (Å²) in [7, 11) is 0. The van der Waals surface area contributed by atoms with Crippen molar-refractivity contribution >= 4 is 10.9 Å². The Kier molecular flexibility index (Phi) is 6.06. The molecule has 5 aromatic rings. The second kappa shape index (κ2) is 9.61. The van der Waals surface area contributed by atoms with Crippen molar-refractivity contribution in [3.63, 3.8) is 0 Å². The lowest BCUT2D eigenvalue weighted by atomic mass is 9.94. The Balaban J connectivity index is 1.20. The first-order valence-corrected chi connectivity index (χ1v) is 11.1. The van der Waals surface area contributed by atoms with E-state index in [2.05, 4.69) is 81.1 Å². The second-order valence-corrected chi connectivity index (χ2v) is 8.28. The molecule has 0 amide bonds. The first-order valence-electron chi connectivity index (χ1n) is 11.1. The maximum atomic E-state index is 5.96. The maximum absolute atomic E-state index is 5.96. The number of para-hydroxylation sites is 1. The number of H-pyrrole nitrogens is 1. The summed E-state index contributed by atoms with van der Waals surface area (Å²) in [5.74, 6) is 1.90. The smallest absolute Gasteiger partial charge is 0.175 e. The molecule has 0 bridgehead atoms. The third kappa shape index (κ3) is 5.23. The molecule has 0 spiro atoms. The van der Waals surface area contributed by atoms with Gasteiger partial charge in [0.25, 0.3) is 0 Å². The van der Waals surface area contributed by atoms with Crippen molar-refractivity contribution in [2.24, 2.45) is 0 Å². The summed E-state index contributed by atoms with van der Waals surface area (Å²) in [6, 6.07) is 29.2. The Morgan fingerprint density at radius 3 is 2.61 bits per heavy atom. The summed E-state index contributed by atoms with van der Waals surface area (Å²) < 4.78 is 5.96. The van der Waals surface area contributed by atoms with E-state index >= 15 is 0 Å². The van der Waals surface area contributed by atoms with Crippen LogP contribution in [0.4, 0.5) is 0 Å². The van der Waals surface area contributed by atoms with E-state index in [1.165, 1.54) is 16.7 Å². The van der Waals surface area contributed by atoms with Gasteiger partial charge in [-0.2, -0.15) is 5.21 Å². The zero-order valence-electron chi connectivity index (χ0n) is 18.5. The van der Waals surface area contributed by atoms with Gasteiger partial charge in [-0.15, -0.1) is 10.2 Å². The summed E-state index contributed by atoms with van der Waals surface area (Å²) in [6.07, 6.45) is 1.63. The number of rotatable bonds is 8. The molecule has 2 aromatic heterocycles. The number of ether oxygens (including phenoxy) is 1. The Bertz CT molecular complexity index is 1330. The van der Waals surface area contributed by atoms with Crippen LogP contribution in [0.2, 0.25) is 0 Å². The largest absolute Gasteiger partial charge is 0.487 e. The van der Waals surface area contributed by atoms with Crippen molar-refractivity contribution in [3.05, 3.63) is 113 Å². The monoisotopic (exact) mass is 435 g/mol. The van der Waals surface area contributed by atoms with Crippen molar-refractivity contribution in [2.45, 2.75) is 32.3 Å². The lowest BCUT2D eigenvalue weighted by Gasteiger charge is -2.12. The zero-order chi connectivity index (χ0) is 22.5. The van der Waals surface area contributed by atoms with E-state index < -0.39 is 0 Å². The lowest BCUT2D eigenvalue weighted by molar-refractivity contribution is 0.301. The molecule has 0 aliphatic heterocycles. The fourth-order valence-corrected chi connectivity index (χ4v) is 3.96. The van der Waals surface area contributed by atoms with E-state index in [4.69, 9.17) is 4.74 Å². The predicted octanol–water partition coefficient (Wildman–Crippen LogP) is 5.26. The van der Waals surface area contributed by atoms with Crippen LogP contribution >= 0.6 is 0 Å². The minimum Gasteiger partial charge on any atom is -0.487 e. The van der Waals surface area contributed by atoms with Gasteiger partial charge in [0.2, 0.25) is 0 Å². The minimum absolute atomic E-state index is 0.321. The van der Waals surface area contributed by atoms with E-state index in [-0.39, 0.29) is 0 Å². The molecule has 6 nitrogen and oxygen atoms in total.